The number of alkyl carbamates (subject to hydrolysis) is 1. The number of nitrogens with one attached hydrogen (secondary N) is 1. The largest absolute Gasteiger partial charge is 0.490 e. The molecule has 0 aliphatic carbocycles. The maximum absolute atomic E-state index is 11.9. The first-order valence-corrected chi connectivity index (χ1v) is 11.2. The third-order valence-electron chi connectivity index (χ3n) is 4.69. The van der Waals surface area contributed by atoms with Crippen LogP contribution < -0.4 is 15.0 Å². The molecule has 186 valence electrons. The summed E-state index contributed by atoms with van der Waals surface area (Å²) in [5.74, 6) is 1.80. The van der Waals surface area contributed by atoms with Gasteiger partial charge in [0, 0.05) is 32.7 Å². The summed E-state index contributed by atoms with van der Waals surface area (Å²) in [4.78, 5) is 22.8. The number of ether oxygens (including phenoxy) is 3. The summed E-state index contributed by atoms with van der Waals surface area (Å²) in [7, 11) is 2.23. The summed E-state index contributed by atoms with van der Waals surface area (Å²) in [6, 6.07) is 0. The zero-order chi connectivity index (χ0) is 24.7. The van der Waals surface area contributed by atoms with E-state index in [0.717, 1.165) is 19.5 Å². The smallest absolute Gasteiger partial charge is 0.407 e. The van der Waals surface area contributed by atoms with Gasteiger partial charge in [0.05, 0.1) is 32.3 Å². The van der Waals surface area contributed by atoms with Crippen molar-refractivity contribution in [3.63, 3.8) is 0 Å². The maximum Gasteiger partial charge on any atom is 0.407 e. The Morgan fingerprint density at radius 3 is 2.31 bits per heavy atom. The van der Waals surface area contributed by atoms with Crippen molar-refractivity contribution < 1.29 is 23.4 Å². The molecular weight excluding hydrogens is 415 g/mol. The highest BCUT2D eigenvalue weighted by Crippen LogP contribution is 2.20. The van der Waals surface area contributed by atoms with Gasteiger partial charge in [0.25, 0.3) is 0 Å². The number of aromatic nitrogens is 2. The molecule has 1 aliphatic rings. The molecule has 1 N–H and O–H groups in total. The van der Waals surface area contributed by atoms with Crippen molar-refractivity contribution in [3.8, 4) is 5.75 Å². The van der Waals surface area contributed by atoms with E-state index >= 15 is 0 Å². The van der Waals surface area contributed by atoms with Gasteiger partial charge in [0.1, 0.15) is 5.60 Å². The van der Waals surface area contributed by atoms with Gasteiger partial charge in [-0.25, -0.2) is 14.8 Å². The molecule has 0 aromatic carbocycles. The van der Waals surface area contributed by atoms with Gasteiger partial charge in [-0.05, 0) is 33.1 Å². The SMILES string of the molecule is CC.CF.COC1CCN(c2ncc(OCC(CNC(=O)OC(C)(C)C)C(C)C)cn2)C1. The molecule has 1 aromatic rings. The Kier molecular flexibility index (Phi) is 14.6. The van der Waals surface area contributed by atoms with Crippen LogP contribution in [0.1, 0.15) is 54.9 Å². The summed E-state index contributed by atoms with van der Waals surface area (Å²) in [5, 5.41) is 2.82. The fourth-order valence-electron chi connectivity index (χ4n) is 2.87. The molecule has 1 amide bonds. The molecule has 1 aliphatic heterocycles. The van der Waals surface area contributed by atoms with E-state index in [1.54, 1.807) is 19.5 Å². The van der Waals surface area contributed by atoms with Crippen molar-refractivity contribution in [2.75, 3.05) is 45.4 Å². The lowest BCUT2D eigenvalue weighted by molar-refractivity contribution is 0.0507. The summed E-state index contributed by atoms with van der Waals surface area (Å²) in [6.45, 7) is 16.4. The Bertz CT molecular complexity index is 623. The van der Waals surface area contributed by atoms with Crippen molar-refractivity contribution in [2.24, 2.45) is 11.8 Å². The fraction of sp³-hybridized carbons (Fsp3) is 0.783. The molecule has 1 saturated heterocycles. The Morgan fingerprint density at radius 1 is 1.25 bits per heavy atom. The summed E-state index contributed by atoms with van der Waals surface area (Å²) >= 11 is 0. The highest BCUT2D eigenvalue weighted by molar-refractivity contribution is 5.67. The van der Waals surface area contributed by atoms with Crippen molar-refractivity contribution in [3.05, 3.63) is 12.4 Å². The topological polar surface area (TPSA) is 85.8 Å². The van der Waals surface area contributed by atoms with Crippen molar-refractivity contribution in [1.29, 1.82) is 0 Å². The van der Waals surface area contributed by atoms with Crippen LogP contribution in [0.5, 0.6) is 5.75 Å². The van der Waals surface area contributed by atoms with Crippen LogP contribution in [0.2, 0.25) is 0 Å². The molecular formula is C23H43FN4O4. The second-order valence-corrected chi connectivity index (χ2v) is 8.51. The van der Waals surface area contributed by atoms with Gasteiger partial charge in [-0.2, -0.15) is 0 Å². The zero-order valence-electron chi connectivity index (χ0n) is 21.3. The third kappa shape index (κ3) is 11.5. The molecule has 1 fully saturated rings. The first-order valence-electron chi connectivity index (χ1n) is 11.2. The van der Waals surface area contributed by atoms with Gasteiger partial charge < -0.3 is 24.4 Å². The first kappa shape index (κ1) is 29.8. The number of rotatable bonds is 8. The number of alkyl halides is 1. The number of halogens is 1. The zero-order valence-corrected chi connectivity index (χ0v) is 21.3. The fourth-order valence-corrected chi connectivity index (χ4v) is 2.87. The predicted octanol–water partition coefficient (Wildman–Crippen LogP) is 4.49. The highest BCUT2D eigenvalue weighted by atomic mass is 19.1. The predicted molar refractivity (Wildman–Crippen MR) is 126 cm³/mol. The van der Waals surface area contributed by atoms with Crippen LogP contribution in [0, 0.1) is 11.8 Å². The number of amides is 1. The van der Waals surface area contributed by atoms with Gasteiger partial charge in [-0.1, -0.05) is 27.7 Å². The monoisotopic (exact) mass is 458 g/mol. The minimum absolute atomic E-state index is 0.147. The molecule has 1 aromatic heterocycles. The lowest BCUT2D eigenvalue weighted by Crippen LogP contribution is -2.38. The van der Waals surface area contributed by atoms with E-state index < -0.39 is 11.7 Å². The molecule has 0 saturated carbocycles. The average Bonchev–Trinajstić information content (AvgIpc) is 3.25. The lowest BCUT2D eigenvalue weighted by Gasteiger charge is -2.24. The number of hydrogen-bond donors (Lipinski definition) is 1. The average molecular weight is 459 g/mol. The molecule has 2 unspecified atom stereocenters. The summed E-state index contributed by atoms with van der Waals surface area (Å²) in [6.07, 6.45) is 4.20. The van der Waals surface area contributed by atoms with E-state index in [1.165, 1.54) is 0 Å². The molecule has 0 spiro atoms. The van der Waals surface area contributed by atoms with E-state index in [2.05, 4.69) is 34.0 Å². The standard InChI is InChI=1S/C20H34N4O4.C2H6.CH3F/c1-14(2)15(9-23-19(25)28-20(3,4)5)13-27-17-10-21-18(22-11-17)24-8-7-16(12-24)26-6;2*1-2/h10-11,14-16H,7-9,12-13H2,1-6H3,(H,23,25);1-2H3;1H3. The van der Waals surface area contributed by atoms with Crippen LogP contribution >= 0.6 is 0 Å². The molecule has 2 rings (SSSR count). The van der Waals surface area contributed by atoms with E-state index in [4.69, 9.17) is 14.2 Å². The van der Waals surface area contributed by atoms with Gasteiger partial charge in [-0.15, -0.1) is 0 Å². The molecule has 32 heavy (non-hydrogen) atoms. The van der Waals surface area contributed by atoms with E-state index in [0.29, 0.717) is 37.9 Å². The number of nitrogens with zero attached hydrogens (tertiary/aromatic N) is 3. The number of carbonyl (C=O) groups is 1. The van der Waals surface area contributed by atoms with Gasteiger partial charge in [0.15, 0.2) is 5.75 Å². The Morgan fingerprint density at radius 2 is 1.84 bits per heavy atom. The van der Waals surface area contributed by atoms with Crippen molar-refractivity contribution >= 4 is 12.0 Å². The van der Waals surface area contributed by atoms with Crippen LogP contribution in [0.25, 0.3) is 0 Å². The lowest BCUT2D eigenvalue weighted by atomic mass is 9.97. The summed E-state index contributed by atoms with van der Waals surface area (Å²) < 4.78 is 26.0. The third-order valence-corrected chi connectivity index (χ3v) is 4.69. The molecule has 8 nitrogen and oxygen atoms in total. The number of anilines is 1. The van der Waals surface area contributed by atoms with Crippen LogP contribution in [0.15, 0.2) is 12.4 Å². The maximum atomic E-state index is 11.9. The van der Waals surface area contributed by atoms with Crippen LogP contribution in [-0.4, -0.2) is 68.3 Å². The van der Waals surface area contributed by atoms with Crippen molar-refractivity contribution in [1.82, 2.24) is 15.3 Å². The van der Waals surface area contributed by atoms with Gasteiger partial charge in [0.2, 0.25) is 5.95 Å². The van der Waals surface area contributed by atoms with Gasteiger partial charge >= 0.3 is 6.09 Å². The number of hydrogen-bond acceptors (Lipinski definition) is 7. The van der Waals surface area contributed by atoms with Crippen molar-refractivity contribution in [2.45, 2.75) is 66.6 Å². The van der Waals surface area contributed by atoms with E-state index in [1.807, 2.05) is 34.6 Å². The Hall–Kier alpha value is -2.16. The molecule has 2 heterocycles. The van der Waals surface area contributed by atoms with Crippen LogP contribution in [-0.2, 0) is 9.47 Å². The summed E-state index contributed by atoms with van der Waals surface area (Å²) in [5.41, 5.74) is -0.508. The molecule has 0 bridgehead atoms. The molecule has 2 atom stereocenters. The quantitative estimate of drug-likeness (QED) is 0.614. The first-order chi connectivity index (χ1) is 15.2. The van der Waals surface area contributed by atoms with Crippen LogP contribution in [0.4, 0.5) is 15.1 Å². The minimum Gasteiger partial charge on any atom is -0.490 e. The number of methoxy groups -OCH3 is 1. The van der Waals surface area contributed by atoms with Crippen LogP contribution in [0.3, 0.4) is 0 Å². The normalized spacial score (nSPS) is 16.3. The van der Waals surface area contributed by atoms with E-state index in [-0.39, 0.29) is 12.0 Å². The second-order valence-electron chi connectivity index (χ2n) is 8.51. The Balaban J connectivity index is 0.00000227. The second kappa shape index (κ2) is 15.6. The minimum atomic E-state index is -0.508. The van der Waals surface area contributed by atoms with Gasteiger partial charge in [-0.3, -0.25) is 4.39 Å². The molecule has 0 radical (unpaired) electrons. The highest BCUT2D eigenvalue weighted by Gasteiger charge is 2.24. The molecule has 9 heteroatoms. The van der Waals surface area contributed by atoms with E-state index in [9.17, 15) is 9.18 Å². The number of carbonyl (C=O) groups excluding carboxylic acids is 1. The Labute approximate surface area is 193 Å².